The maximum absolute atomic E-state index is 12.4. The molecule has 0 bridgehead atoms. The van der Waals surface area contributed by atoms with Crippen LogP contribution in [0.5, 0.6) is 0 Å². The first-order valence-corrected chi connectivity index (χ1v) is 3.92. The van der Waals surface area contributed by atoms with Crippen LogP contribution in [0.25, 0.3) is 0 Å². The van der Waals surface area contributed by atoms with Gasteiger partial charge in [0.15, 0.2) is 0 Å². The van der Waals surface area contributed by atoms with Crippen molar-refractivity contribution in [2.24, 2.45) is 17.6 Å². The minimum atomic E-state index is -4.20. The van der Waals surface area contributed by atoms with Gasteiger partial charge in [-0.1, -0.05) is 13.8 Å². The van der Waals surface area contributed by atoms with Crippen LogP contribution in [0.1, 0.15) is 27.7 Å². The second-order valence-electron chi connectivity index (χ2n) is 4.08. The molecule has 1 atom stereocenters. The number of rotatable bonds is 2. The van der Waals surface area contributed by atoms with Crippen molar-refractivity contribution in [3.8, 4) is 0 Å². The van der Waals surface area contributed by atoms with Crippen molar-refractivity contribution in [2.75, 3.05) is 0 Å². The molecule has 2 N–H and O–H groups in total. The molecule has 0 spiro atoms. The minimum absolute atomic E-state index is 0.481. The van der Waals surface area contributed by atoms with Crippen LogP contribution in [-0.4, -0.2) is 11.7 Å². The van der Waals surface area contributed by atoms with Crippen LogP contribution in [0.4, 0.5) is 13.2 Å². The molecule has 0 heterocycles. The Bertz CT molecular complexity index is 129. The lowest BCUT2D eigenvalue weighted by atomic mass is 9.80. The fourth-order valence-corrected chi connectivity index (χ4v) is 1.66. The van der Waals surface area contributed by atoms with Crippen molar-refractivity contribution in [2.45, 2.75) is 39.4 Å². The molecule has 0 fully saturated rings. The average molecular weight is 183 g/mol. The predicted molar refractivity (Wildman–Crippen MR) is 42.6 cm³/mol. The standard InChI is InChI=1S/C8H16F3N/c1-5(2)6(7(3,4)12)8(9,10)11/h5-6H,12H2,1-4H3. The lowest BCUT2D eigenvalue weighted by molar-refractivity contribution is -0.201. The number of hydrogen-bond donors (Lipinski definition) is 1. The molecule has 0 radical (unpaired) electrons. The normalized spacial score (nSPS) is 16.8. The first-order valence-electron chi connectivity index (χ1n) is 3.92. The van der Waals surface area contributed by atoms with E-state index >= 15 is 0 Å². The molecule has 74 valence electrons. The van der Waals surface area contributed by atoms with Crippen molar-refractivity contribution in [1.82, 2.24) is 0 Å². The molecule has 0 aliphatic heterocycles. The summed E-state index contributed by atoms with van der Waals surface area (Å²) in [5.41, 5.74) is 4.24. The van der Waals surface area contributed by atoms with Gasteiger partial charge in [-0.05, 0) is 19.8 Å². The monoisotopic (exact) mass is 183 g/mol. The van der Waals surface area contributed by atoms with Crippen molar-refractivity contribution in [1.29, 1.82) is 0 Å². The lowest BCUT2D eigenvalue weighted by Crippen LogP contribution is -2.50. The maximum atomic E-state index is 12.4. The molecule has 0 aromatic rings. The van der Waals surface area contributed by atoms with E-state index < -0.39 is 23.6 Å². The molecular formula is C8H16F3N. The summed E-state index contributed by atoms with van der Waals surface area (Å²) in [6.45, 7) is 5.88. The molecule has 1 unspecified atom stereocenters. The first-order chi connectivity index (χ1) is 5.07. The van der Waals surface area contributed by atoms with Crippen molar-refractivity contribution in [3.63, 3.8) is 0 Å². The van der Waals surface area contributed by atoms with Crippen molar-refractivity contribution >= 4 is 0 Å². The van der Waals surface area contributed by atoms with E-state index in [-0.39, 0.29) is 0 Å². The highest BCUT2D eigenvalue weighted by molar-refractivity contribution is 4.88. The summed E-state index contributed by atoms with van der Waals surface area (Å²) in [5, 5.41) is 0. The molecule has 1 nitrogen and oxygen atoms in total. The maximum Gasteiger partial charge on any atom is 0.393 e. The van der Waals surface area contributed by atoms with Gasteiger partial charge < -0.3 is 5.73 Å². The van der Waals surface area contributed by atoms with E-state index in [0.29, 0.717) is 0 Å². The van der Waals surface area contributed by atoms with Crippen LogP contribution < -0.4 is 5.73 Å². The third-order valence-corrected chi connectivity index (χ3v) is 1.82. The summed E-state index contributed by atoms with van der Waals surface area (Å²) in [6, 6.07) is 0. The molecule has 0 saturated heterocycles. The van der Waals surface area contributed by atoms with Gasteiger partial charge in [0.05, 0.1) is 5.92 Å². The van der Waals surface area contributed by atoms with E-state index in [4.69, 9.17) is 5.73 Å². The first kappa shape index (κ1) is 11.8. The third kappa shape index (κ3) is 3.01. The molecule has 0 rings (SSSR count). The second-order valence-corrected chi connectivity index (χ2v) is 4.08. The Hall–Kier alpha value is -0.250. The van der Waals surface area contributed by atoms with Gasteiger partial charge in [-0.2, -0.15) is 13.2 Å². The Labute approximate surface area is 71.1 Å². The van der Waals surface area contributed by atoms with Gasteiger partial charge in [-0.15, -0.1) is 0 Å². The Balaban J connectivity index is 4.70. The predicted octanol–water partition coefficient (Wildman–Crippen LogP) is 2.56. The molecule has 12 heavy (non-hydrogen) atoms. The average Bonchev–Trinajstić information content (AvgIpc) is 1.49. The van der Waals surface area contributed by atoms with Gasteiger partial charge >= 0.3 is 6.18 Å². The van der Waals surface area contributed by atoms with Crippen LogP contribution in [0.3, 0.4) is 0 Å². The van der Waals surface area contributed by atoms with E-state index in [0.717, 1.165) is 0 Å². The van der Waals surface area contributed by atoms with E-state index in [1.165, 1.54) is 27.7 Å². The Kier molecular flexibility index (Phi) is 3.18. The van der Waals surface area contributed by atoms with E-state index in [1.807, 2.05) is 0 Å². The fourth-order valence-electron chi connectivity index (χ4n) is 1.66. The van der Waals surface area contributed by atoms with Crippen LogP contribution in [0.15, 0.2) is 0 Å². The number of nitrogens with two attached hydrogens (primary N) is 1. The van der Waals surface area contributed by atoms with Crippen molar-refractivity contribution in [3.05, 3.63) is 0 Å². The topological polar surface area (TPSA) is 26.0 Å². The highest BCUT2D eigenvalue weighted by atomic mass is 19.4. The zero-order valence-corrected chi connectivity index (χ0v) is 7.87. The zero-order chi connectivity index (χ0) is 10.2. The van der Waals surface area contributed by atoms with E-state index in [9.17, 15) is 13.2 Å². The molecule has 4 heteroatoms. The quantitative estimate of drug-likeness (QED) is 0.699. The fraction of sp³-hybridized carbons (Fsp3) is 1.00. The van der Waals surface area contributed by atoms with Gasteiger partial charge in [0.2, 0.25) is 0 Å². The Morgan fingerprint density at radius 1 is 1.08 bits per heavy atom. The van der Waals surface area contributed by atoms with E-state index in [2.05, 4.69) is 0 Å². The molecular weight excluding hydrogens is 167 g/mol. The SMILES string of the molecule is CC(C)C(C(C)(C)N)C(F)(F)F. The number of hydrogen-bond acceptors (Lipinski definition) is 1. The second kappa shape index (κ2) is 3.24. The Morgan fingerprint density at radius 3 is 1.42 bits per heavy atom. The molecule has 0 saturated carbocycles. The molecule has 0 aromatic heterocycles. The lowest BCUT2D eigenvalue weighted by Gasteiger charge is -2.35. The van der Waals surface area contributed by atoms with Crippen molar-refractivity contribution < 1.29 is 13.2 Å². The molecule has 0 aromatic carbocycles. The highest BCUT2D eigenvalue weighted by Gasteiger charge is 2.48. The summed E-state index contributed by atoms with van der Waals surface area (Å²) in [4.78, 5) is 0. The van der Waals surface area contributed by atoms with E-state index in [1.54, 1.807) is 0 Å². The van der Waals surface area contributed by atoms with Crippen LogP contribution in [0.2, 0.25) is 0 Å². The zero-order valence-electron chi connectivity index (χ0n) is 7.87. The van der Waals surface area contributed by atoms with Gasteiger partial charge in [0.1, 0.15) is 0 Å². The number of halogens is 3. The summed E-state index contributed by atoms with van der Waals surface area (Å²) in [6.07, 6.45) is -4.20. The van der Waals surface area contributed by atoms with Gasteiger partial charge in [-0.3, -0.25) is 0 Å². The summed E-state index contributed by atoms with van der Waals surface area (Å²) < 4.78 is 37.2. The summed E-state index contributed by atoms with van der Waals surface area (Å²) in [5.74, 6) is -1.92. The minimum Gasteiger partial charge on any atom is -0.325 e. The van der Waals surface area contributed by atoms with Crippen LogP contribution >= 0.6 is 0 Å². The smallest absolute Gasteiger partial charge is 0.325 e. The van der Waals surface area contributed by atoms with Gasteiger partial charge in [0, 0.05) is 5.54 Å². The largest absolute Gasteiger partial charge is 0.393 e. The highest BCUT2D eigenvalue weighted by Crippen LogP contribution is 2.38. The Morgan fingerprint density at radius 2 is 1.42 bits per heavy atom. The molecule has 0 aliphatic carbocycles. The summed E-state index contributed by atoms with van der Waals surface area (Å²) in [7, 11) is 0. The van der Waals surface area contributed by atoms with Gasteiger partial charge in [0.25, 0.3) is 0 Å². The summed E-state index contributed by atoms with van der Waals surface area (Å²) >= 11 is 0. The number of alkyl halides is 3. The molecule has 0 aliphatic rings. The van der Waals surface area contributed by atoms with Crippen LogP contribution in [0, 0.1) is 11.8 Å². The molecule has 0 amide bonds. The van der Waals surface area contributed by atoms with Crippen LogP contribution in [-0.2, 0) is 0 Å². The third-order valence-electron chi connectivity index (χ3n) is 1.82. The van der Waals surface area contributed by atoms with Gasteiger partial charge in [-0.25, -0.2) is 0 Å².